The summed E-state index contributed by atoms with van der Waals surface area (Å²) in [6.07, 6.45) is 16.6. The molecule has 0 radical (unpaired) electrons. The minimum Gasteiger partial charge on any atom is -0.447 e. The minimum absolute atomic E-state index is 0.131. The molecule has 0 bridgehead atoms. The first kappa shape index (κ1) is 26.4. The Kier molecular flexibility index (Phi) is 7.51. The van der Waals surface area contributed by atoms with Crippen LogP contribution in [-0.4, -0.2) is 70.2 Å². The van der Waals surface area contributed by atoms with Gasteiger partial charge in [0.1, 0.15) is 6.26 Å². The van der Waals surface area contributed by atoms with Crippen molar-refractivity contribution in [3.8, 4) is 0 Å². The first-order valence-corrected chi connectivity index (χ1v) is 15.8. The first-order chi connectivity index (χ1) is 17.7. The zero-order chi connectivity index (χ0) is 26.3. The summed E-state index contributed by atoms with van der Waals surface area (Å²) < 4.78 is 31.5. The molecule has 10 heteroatoms. The third-order valence-electron chi connectivity index (χ3n) is 8.68. The predicted octanol–water partition coefficient (Wildman–Crippen LogP) is 3.92. The molecule has 1 saturated heterocycles. The normalized spacial score (nSPS) is 25.9. The van der Waals surface area contributed by atoms with Crippen LogP contribution in [0.2, 0.25) is 0 Å². The van der Waals surface area contributed by atoms with E-state index < -0.39 is 27.9 Å². The number of fused-ring (bicyclic) bond motifs is 1. The van der Waals surface area contributed by atoms with Crippen LogP contribution < -0.4 is 0 Å². The molecule has 2 saturated carbocycles. The topological polar surface area (TPSA) is 104 Å². The molecule has 3 heterocycles. The van der Waals surface area contributed by atoms with Crippen molar-refractivity contribution in [2.45, 2.75) is 103 Å². The van der Waals surface area contributed by atoms with Crippen LogP contribution in [-0.2, 0) is 21.4 Å². The van der Waals surface area contributed by atoms with E-state index in [1.165, 1.54) is 70.5 Å². The molecule has 4 aliphatic rings. The van der Waals surface area contributed by atoms with Crippen LogP contribution in [0.5, 0.6) is 0 Å². The Labute approximate surface area is 220 Å². The Balaban J connectivity index is 1.35. The van der Waals surface area contributed by atoms with Gasteiger partial charge < -0.3 is 9.32 Å². The molecule has 37 heavy (non-hydrogen) atoms. The highest BCUT2D eigenvalue weighted by molar-refractivity contribution is 7.89. The Morgan fingerprint density at radius 3 is 2.22 bits per heavy atom. The second-order valence-corrected chi connectivity index (χ2v) is 13.4. The lowest BCUT2D eigenvalue weighted by molar-refractivity contribution is -0.128. The summed E-state index contributed by atoms with van der Waals surface area (Å²) in [5, 5.41) is 0. The van der Waals surface area contributed by atoms with Gasteiger partial charge in [0.05, 0.1) is 30.5 Å². The standard InChI is InChI=1S/C27H40N4O5S/c1-18(2)24-25-22(31(27(24)33)37(3,34)35)14-15-29(25)26(32)21-17-36-23(28-21)16-30(19-10-6-4-7-11-19)20-12-8-5-9-13-20/h14,17-20,24-25H,4-13,15-16H2,1-3H3/t24-,25+/m0/s1. The number of nitrogens with zero attached hydrogens (tertiary/aromatic N) is 4. The maximum Gasteiger partial charge on any atom is 0.276 e. The van der Waals surface area contributed by atoms with Gasteiger partial charge in [0.25, 0.3) is 5.91 Å². The lowest BCUT2D eigenvalue weighted by atomic mass is 9.88. The number of hydrogen-bond donors (Lipinski definition) is 0. The van der Waals surface area contributed by atoms with Gasteiger partial charge >= 0.3 is 0 Å². The Bertz CT molecular complexity index is 1130. The number of oxazole rings is 1. The molecule has 3 fully saturated rings. The highest BCUT2D eigenvalue weighted by Gasteiger charge is 2.55. The summed E-state index contributed by atoms with van der Waals surface area (Å²) in [7, 11) is -3.78. The molecule has 2 atom stereocenters. The van der Waals surface area contributed by atoms with Crippen LogP contribution in [0.15, 0.2) is 22.5 Å². The number of hydrogen-bond acceptors (Lipinski definition) is 7. The predicted molar refractivity (Wildman–Crippen MR) is 139 cm³/mol. The molecule has 2 aliphatic heterocycles. The first-order valence-electron chi connectivity index (χ1n) is 13.9. The molecule has 0 unspecified atom stereocenters. The van der Waals surface area contributed by atoms with Crippen molar-refractivity contribution in [1.82, 2.24) is 19.1 Å². The fourth-order valence-electron chi connectivity index (χ4n) is 6.95. The maximum absolute atomic E-state index is 13.6. The van der Waals surface area contributed by atoms with Crippen molar-refractivity contribution in [2.75, 3.05) is 12.8 Å². The van der Waals surface area contributed by atoms with E-state index in [-0.39, 0.29) is 24.1 Å². The van der Waals surface area contributed by atoms with Crippen LogP contribution in [0.3, 0.4) is 0 Å². The largest absolute Gasteiger partial charge is 0.447 e. The lowest BCUT2D eigenvalue weighted by Crippen LogP contribution is -2.44. The van der Waals surface area contributed by atoms with Crippen molar-refractivity contribution in [3.63, 3.8) is 0 Å². The zero-order valence-electron chi connectivity index (χ0n) is 22.3. The molecule has 2 amide bonds. The summed E-state index contributed by atoms with van der Waals surface area (Å²) in [5.74, 6) is -1.00. The van der Waals surface area contributed by atoms with Crippen molar-refractivity contribution in [1.29, 1.82) is 0 Å². The van der Waals surface area contributed by atoms with Gasteiger partial charge in [-0.15, -0.1) is 0 Å². The molecule has 204 valence electrons. The molecule has 9 nitrogen and oxygen atoms in total. The Morgan fingerprint density at radius 2 is 1.68 bits per heavy atom. The van der Waals surface area contributed by atoms with Crippen LogP contribution in [0.1, 0.15) is 94.4 Å². The Hall–Kier alpha value is -2.20. The molecule has 5 rings (SSSR count). The van der Waals surface area contributed by atoms with E-state index in [4.69, 9.17) is 4.42 Å². The van der Waals surface area contributed by atoms with Gasteiger partial charge in [-0.1, -0.05) is 52.4 Å². The zero-order valence-corrected chi connectivity index (χ0v) is 23.1. The Morgan fingerprint density at radius 1 is 1.08 bits per heavy atom. The van der Waals surface area contributed by atoms with Gasteiger partial charge in [-0.2, -0.15) is 0 Å². The van der Waals surface area contributed by atoms with Crippen molar-refractivity contribution in [3.05, 3.63) is 29.6 Å². The SMILES string of the molecule is CC(C)[C@@H]1C(=O)N(S(C)(=O)=O)C2=CCN(C(=O)c3coc(CN(C4CCCCC4)C4CCCCC4)n3)[C@H]21. The van der Waals surface area contributed by atoms with Crippen LogP contribution in [0.25, 0.3) is 0 Å². The average molecular weight is 533 g/mol. The molecule has 1 aromatic rings. The lowest BCUT2D eigenvalue weighted by Gasteiger charge is -2.41. The smallest absolute Gasteiger partial charge is 0.276 e. The average Bonchev–Trinajstić information content (AvgIpc) is 3.57. The van der Waals surface area contributed by atoms with Gasteiger partial charge in [-0.05, 0) is 37.7 Å². The number of rotatable bonds is 7. The van der Waals surface area contributed by atoms with Gasteiger partial charge in [0.15, 0.2) is 5.69 Å². The summed E-state index contributed by atoms with van der Waals surface area (Å²) in [4.78, 5) is 35.4. The highest BCUT2D eigenvalue weighted by atomic mass is 32.2. The van der Waals surface area contributed by atoms with Gasteiger partial charge in [0, 0.05) is 18.6 Å². The third kappa shape index (κ3) is 5.11. The summed E-state index contributed by atoms with van der Waals surface area (Å²) in [6, 6.07) is 0.453. The molecule has 0 spiro atoms. The molecule has 1 aromatic heterocycles. The summed E-state index contributed by atoms with van der Waals surface area (Å²) >= 11 is 0. The molecular weight excluding hydrogens is 492 g/mol. The number of aromatic nitrogens is 1. The van der Waals surface area contributed by atoms with E-state index >= 15 is 0 Å². The second-order valence-electron chi connectivity index (χ2n) is 11.5. The highest BCUT2D eigenvalue weighted by Crippen LogP contribution is 2.42. The van der Waals surface area contributed by atoms with E-state index in [1.54, 1.807) is 11.0 Å². The number of amides is 2. The van der Waals surface area contributed by atoms with Crippen LogP contribution in [0.4, 0.5) is 0 Å². The fourth-order valence-corrected chi connectivity index (χ4v) is 7.96. The molecule has 0 aromatic carbocycles. The fraction of sp³-hybridized carbons (Fsp3) is 0.741. The van der Waals surface area contributed by atoms with Crippen molar-refractivity contribution in [2.24, 2.45) is 11.8 Å². The maximum atomic E-state index is 13.6. The van der Waals surface area contributed by atoms with Gasteiger partial charge in [0.2, 0.25) is 21.8 Å². The number of carbonyl (C=O) groups is 2. The van der Waals surface area contributed by atoms with E-state index in [0.717, 1.165) is 10.6 Å². The minimum atomic E-state index is -3.78. The summed E-state index contributed by atoms with van der Waals surface area (Å²) in [5.41, 5.74) is 0.591. The quantitative estimate of drug-likeness (QED) is 0.524. The van der Waals surface area contributed by atoms with Crippen LogP contribution >= 0.6 is 0 Å². The van der Waals surface area contributed by atoms with Gasteiger partial charge in [-0.3, -0.25) is 14.5 Å². The summed E-state index contributed by atoms with van der Waals surface area (Å²) in [6.45, 7) is 4.60. The van der Waals surface area contributed by atoms with Gasteiger partial charge in [-0.25, -0.2) is 17.7 Å². The van der Waals surface area contributed by atoms with Crippen molar-refractivity contribution < 1.29 is 22.4 Å². The molecule has 2 aliphatic carbocycles. The number of sulfonamides is 1. The van der Waals surface area contributed by atoms with Crippen LogP contribution in [0, 0.1) is 11.8 Å². The third-order valence-corrected chi connectivity index (χ3v) is 9.74. The van der Waals surface area contributed by atoms with E-state index in [1.807, 2.05) is 13.8 Å². The van der Waals surface area contributed by atoms with E-state index in [2.05, 4.69) is 9.88 Å². The van der Waals surface area contributed by atoms with E-state index in [0.29, 0.717) is 30.2 Å². The van der Waals surface area contributed by atoms with E-state index in [9.17, 15) is 18.0 Å². The number of carbonyl (C=O) groups excluding carboxylic acids is 2. The second kappa shape index (κ2) is 10.5. The van der Waals surface area contributed by atoms with Crippen molar-refractivity contribution >= 4 is 21.8 Å². The molecule has 0 N–H and O–H groups in total. The molecular formula is C27H40N4O5S. The monoisotopic (exact) mass is 532 g/mol.